The molecule has 0 radical (unpaired) electrons. The highest BCUT2D eigenvalue weighted by atomic mass is 32.2. The number of aromatic nitrogens is 2. The van der Waals surface area contributed by atoms with Crippen LogP contribution in [0.3, 0.4) is 0 Å². The van der Waals surface area contributed by atoms with Crippen LogP contribution in [-0.2, 0) is 16.4 Å². The smallest absolute Gasteiger partial charge is 0.270 e. The number of nitro benzene ring substituents is 1. The van der Waals surface area contributed by atoms with Gasteiger partial charge in [-0.3, -0.25) is 19.8 Å². The topological polar surface area (TPSA) is 151 Å². The molecular weight excluding hydrogens is 701 g/mol. The molecule has 1 aliphatic carbocycles. The van der Waals surface area contributed by atoms with Crippen LogP contribution in [0.25, 0.3) is 21.5 Å². The zero-order valence-electron chi connectivity index (χ0n) is 27.9. The third-order valence-electron chi connectivity index (χ3n) is 9.74. The van der Waals surface area contributed by atoms with Crippen molar-refractivity contribution in [2.45, 2.75) is 30.2 Å². The molecular formula is C38H34N6O6S2. The maximum Gasteiger partial charge on any atom is 0.270 e. The van der Waals surface area contributed by atoms with E-state index in [0.717, 1.165) is 62.6 Å². The van der Waals surface area contributed by atoms with Crippen LogP contribution >= 0.6 is 11.3 Å². The first-order valence-electron chi connectivity index (χ1n) is 16.9. The highest BCUT2D eigenvalue weighted by molar-refractivity contribution is 7.90. The number of ether oxygens (including phenoxy) is 1. The largest absolute Gasteiger partial charge is 0.455 e. The van der Waals surface area contributed by atoms with Crippen molar-refractivity contribution in [2.24, 2.45) is 0 Å². The maximum atomic E-state index is 13.6. The third kappa shape index (κ3) is 6.63. The lowest BCUT2D eigenvalue weighted by molar-refractivity contribution is -0.385. The van der Waals surface area contributed by atoms with Crippen molar-refractivity contribution in [2.75, 3.05) is 31.1 Å². The molecule has 2 aliphatic rings. The number of rotatable bonds is 9. The number of piperazine rings is 1. The number of aryl methyl sites for hydroxylation is 1. The van der Waals surface area contributed by atoms with Gasteiger partial charge < -0.3 is 14.6 Å². The standard InChI is InChI=1S/C38H34N6O6S2/c45-38(41-52(48,49)30-8-3-7-28(22-30)44(46)47)31-13-12-27(23-34(31)50-29-21-26-14-15-39-37(26)40-24-29)42-16-18-43(19-17-42)33-10-2-6-25-5-1-9-32(36(25)33)35-11-4-20-51-35/h1,3-5,7-9,11-15,20-24,33H,2,6,10,16-19H2,(H,39,40)(H,41,45). The normalized spacial score (nSPS) is 16.4. The number of benzene rings is 3. The van der Waals surface area contributed by atoms with Crippen molar-refractivity contribution >= 4 is 49.7 Å². The summed E-state index contributed by atoms with van der Waals surface area (Å²) in [5.41, 5.74) is 5.27. The number of hydrogen-bond donors (Lipinski definition) is 2. The molecule has 264 valence electrons. The number of pyridine rings is 1. The minimum atomic E-state index is -4.45. The number of non-ortho nitro benzene ring substituents is 1. The number of nitrogens with zero attached hydrogens (tertiary/aromatic N) is 4. The summed E-state index contributed by atoms with van der Waals surface area (Å²) in [5.74, 6) is -0.432. The molecule has 3 aromatic carbocycles. The molecule has 4 heterocycles. The number of amides is 1. The fraction of sp³-hybridized carbons (Fsp3) is 0.211. The molecule has 1 fully saturated rings. The van der Waals surface area contributed by atoms with E-state index in [-0.39, 0.29) is 11.3 Å². The Balaban J connectivity index is 1.06. The molecule has 0 spiro atoms. The Morgan fingerprint density at radius 1 is 1.00 bits per heavy atom. The Morgan fingerprint density at radius 2 is 1.85 bits per heavy atom. The summed E-state index contributed by atoms with van der Waals surface area (Å²) in [7, 11) is -4.45. The number of nitro groups is 1. The first-order chi connectivity index (χ1) is 25.2. The van der Waals surface area contributed by atoms with Gasteiger partial charge in [-0.25, -0.2) is 18.1 Å². The van der Waals surface area contributed by atoms with Crippen LogP contribution < -0.4 is 14.4 Å². The maximum absolute atomic E-state index is 13.6. The molecule has 12 nitrogen and oxygen atoms in total. The fourth-order valence-corrected chi connectivity index (χ4v) is 9.01. The molecule has 0 bridgehead atoms. The van der Waals surface area contributed by atoms with Crippen molar-refractivity contribution < 1.29 is 22.9 Å². The van der Waals surface area contributed by atoms with E-state index in [2.05, 4.69) is 60.2 Å². The van der Waals surface area contributed by atoms with E-state index in [1.54, 1.807) is 41.8 Å². The van der Waals surface area contributed by atoms with Gasteiger partial charge in [0.2, 0.25) is 0 Å². The van der Waals surface area contributed by atoms with E-state index in [0.29, 0.717) is 17.4 Å². The zero-order valence-corrected chi connectivity index (χ0v) is 29.5. The van der Waals surface area contributed by atoms with Gasteiger partial charge >= 0.3 is 0 Å². The first kappa shape index (κ1) is 33.6. The average Bonchev–Trinajstić information content (AvgIpc) is 3.87. The minimum absolute atomic E-state index is 0.0227. The molecule has 0 saturated carbocycles. The third-order valence-corrected chi connectivity index (χ3v) is 12.0. The molecule has 1 amide bonds. The van der Waals surface area contributed by atoms with Gasteiger partial charge in [-0.1, -0.05) is 30.3 Å². The predicted octanol–water partition coefficient (Wildman–Crippen LogP) is 7.31. The summed E-state index contributed by atoms with van der Waals surface area (Å²) in [6, 6.07) is 24.5. The second kappa shape index (κ2) is 13.9. The molecule has 1 unspecified atom stereocenters. The Morgan fingerprint density at radius 3 is 2.65 bits per heavy atom. The number of anilines is 1. The molecule has 1 aliphatic heterocycles. The number of thiophene rings is 1. The van der Waals surface area contributed by atoms with Crippen molar-refractivity contribution in [3.05, 3.63) is 130 Å². The second-order valence-electron chi connectivity index (χ2n) is 12.8. The van der Waals surface area contributed by atoms with Crippen LogP contribution in [0.5, 0.6) is 11.5 Å². The van der Waals surface area contributed by atoms with Crippen molar-refractivity contribution in [3.63, 3.8) is 0 Å². The highest BCUT2D eigenvalue weighted by Crippen LogP contribution is 2.42. The van der Waals surface area contributed by atoms with Gasteiger partial charge in [-0.15, -0.1) is 11.3 Å². The number of sulfonamides is 1. The molecule has 1 saturated heterocycles. The van der Waals surface area contributed by atoms with Crippen molar-refractivity contribution in [1.29, 1.82) is 0 Å². The summed E-state index contributed by atoms with van der Waals surface area (Å²) < 4.78 is 34.7. The number of nitrogens with one attached hydrogen (secondary N) is 2. The zero-order chi connectivity index (χ0) is 35.8. The number of H-pyrrole nitrogens is 1. The van der Waals surface area contributed by atoms with E-state index >= 15 is 0 Å². The monoisotopic (exact) mass is 734 g/mol. The van der Waals surface area contributed by atoms with Crippen LogP contribution in [0.15, 0.2) is 108 Å². The summed E-state index contributed by atoms with van der Waals surface area (Å²) in [6.07, 6.45) is 6.63. The Labute approximate surface area is 303 Å². The van der Waals surface area contributed by atoms with E-state index < -0.39 is 31.4 Å². The average molecular weight is 735 g/mol. The van der Waals surface area contributed by atoms with Gasteiger partial charge in [0.1, 0.15) is 17.1 Å². The summed E-state index contributed by atoms with van der Waals surface area (Å²) in [6.45, 7) is 3.18. The molecule has 52 heavy (non-hydrogen) atoms. The lowest BCUT2D eigenvalue weighted by atomic mass is 9.83. The van der Waals surface area contributed by atoms with Gasteiger partial charge in [0, 0.05) is 72.6 Å². The lowest BCUT2D eigenvalue weighted by Gasteiger charge is -2.43. The Hall–Kier alpha value is -5.57. The second-order valence-corrected chi connectivity index (χ2v) is 15.5. The molecule has 14 heteroatoms. The summed E-state index contributed by atoms with van der Waals surface area (Å²) >= 11 is 1.77. The van der Waals surface area contributed by atoms with Gasteiger partial charge in [0.15, 0.2) is 0 Å². The van der Waals surface area contributed by atoms with Crippen LogP contribution in [0, 0.1) is 10.1 Å². The van der Waals surface area contributed by atoms with Crippen molar-refractivity contribution in [1.82, 2.24) is 19.6 Å². The molecule has 2 N–H and O–H groups in total. The van der Waals surface area contributed by atoms with Crippen LogP contribution in [0.4, 0.5) is 11.4 Å². The van der Waals surface area contributed by atoms with Crippen LogP contribution in [0.2, 0.25) is 0 Å². The molecule has 8 rings (SSSR count). The van der Waals surface area contributed by atoms with Gasteiger partial charge in [0.05, 0.1) is 21.6 Å². The highest BCUT2D eigenvalue weighted by Gasteiger charge is 2.32. The molecule has 1 atom stereocenters. The predicted molar refractivity (Wildman–Crippen MR) is 200 cm³/mol. The van der Waals surface area contributed by atoms with E-state index in [1.807, 2.05) is 6.07 Å². The van der Waals surface area contributed by atoms with Gasteiger partial charge in [0.25, 0.3) is 21.6 Å². The number of carbonyl (C=O) groups excluding carboxylic acids is 1. The molecule has 6 aromatic rings. The number of hydrogen-bond acceptors (Lipinski definition) is 10. The SMILES string of the molecule is O=C(NS(=O)(=O)c1cccc([N+](=O)[O-])c1)c1ccc(N2CCN(C3CCCc4cccc(-c5cccs5)c43)CC2)cc1Oc1cnc2[nH]ccc2c1. The quantitative estimate of drug-likeness (QED) is 0.115. The van der Waals surface area contributed by atoms with E-state index in [4.69, 9.17) is 4.74 Å². The minimum Gasteiger partial charge on any atom is -0.455 e. The van der Waals surface area contributed by atoms with Gasteiger partial charge in [-0.2, -0.15) is 0 Å². The van der Waals surface area contributed by atoms with Crippen LogP contribution in [0.1, 0.15) is 40.4 Å². The Bertz CT molecular complexity index is 2400. The summed E-state index contributed by atoms with van der Waals surface area (Å²) in [5, 5.41) is 14.2. The summed E-state index contributed by atoms with van der Waals surface area (Å²) in [4.78, 5) is 37.3. The number of fused-ring (bicyclic) bond motifs is 2. The van der Waals surface area contributed by atoms with Crippen molar-refractivity contribution in [3.8, 4) is 21.9 Å². The Kier molecular flexibility index (Phi) is 8.95. The first-order valence-corrected chi connectivity index (χ1v) is 19.3. The molecule has 3 aromatic heterocycles. The van der Waals surface area contributed by atoms with E-state index in [1.165, 1.54) is 46.0 Å². The van der Waals surface area contributed by atoms with E-state index in [9.17, 15) is 23.3 Å². The van der Waals surface area contributed by atoms with Crippen LogP contribution in [-0.4, -0.2) is 60.3 Å². The van der Waals surface area contributed by atoms with Gasteiger partial charge in [-0.05, 0) is 77.7 Å². The number of carbonyl (C=O) groups is 1. The fourth-order valence-electron chi connectivity index (χ4n) is 7.24. The number of aromatic amines is 1. The lowest BCUT2D eigenvalue weighted by Crippen LogP contribution is -2.48.